The fourth-order valence-corrected chi connectivity index (χ4v) is 13.1. The van der Waals surface area contributed by atoms with E-state index in [-0.39, 0.29) is 43.3 Å². The lowest BCUT2D eigenvalue weighted by molar-refractivity contribution is -0.332. The van der Waals surface area contributed by atoms with E-state index in [1.807, 2.05) is 6.92 Å². The Bertz CT molecular complexity index is 1290. The van der Waals surface area contributed by atoms with Gasteiger partial charge in [-0.25, -0.2) is 0 Å². The predicted octanol–water partition coefficient (Wildman–Crippen LogP) is 0.310. The molecule has 326 valence electrons. The molecule has 0 spiro atoms. The van der Waals surface area contributed by atoms with E-state index in [4.69, 9.17) is 28.4 Å². The number of fused-ring (bicyclic) bond motifs is 5. The Hall–Kier alpha value is -0.600. The van der Waals surface area contributed by atoms with Gasteiger partial charge in [-0.15, -0.1) is 0 Å². The van der Waals surface area contributed by atoms with Crippen molar-refractivity contribution in [1.82, 2.24) is 0 Å². The molecule has 2 heterocycles. The zero-order chi connectivity index (χ0) is 41.1. The molecule has 0 aromatic rings. The van der Waals surface area contributed by atoms with Crippen LogP contribution < -0.4 is 0 Å². The first-order valence-corrected chi connectivity index (χ1v) is 21.1. The van der Waals surface area contributed by atoms with Crippen LogP contribution in [0.25, 0.3) is 0 Å². The summed E-state index contributed by atoms with van der Waals surface area (Å²) in [5.41, 5.74) is -2.65. The molecule has 0 aromatic heterocycles. The molecule has 0 bridgehead atoms. The van der Waals surface area contributed by atoms with Crippen LogP contribution in [0.3, 0.4) is 0 Å². The highest BCUT2D eigenvalue weighted by Gasteiger charge is 2.73. The number of hydrogen-bond donors (Lipinski definition) is 9. The van der Waals surface area contributed by atoms with Gasteiger partial charge in [0.1, 0.15) is 36.6 Å². The number of hydrogen-bond acceptors (Lipinski definition) is 15. The van der Waals surface area contributed by atoms with E-state index in [9.17, 15) is 46.0 Å². The first-order chi connectivity index (χ1) is 26.3. The van der Waals surface area contributed by atoms with Gasteiger partial charge in [-0.05, 0) is 78.9 Å². The summed E-state index contributed by atoms with van der Waals surface area (Å²) in [7, 11) is 2.82. The van der Waals surface area contributed by atoms with Gasteiger partial charge >= 0.3 is 0 Å². The second kappa shape index (κ2) is 17.4. The zero-order valence-corrected chi connectivity index (χ0v) is 34.3. The van der Waals surface area contributed by atoms with Crippen LogP contribution in [0.5, 0.6) is 0 Å². The summed E-state index contributed by atoms with van der Waals surface area (Å²) in [5.74, 6) is -1.25. The number of rotatable bonds is 13. The maximum Gasteiger partial charge on any atom is 0.186 e. The summed E-state index contributed by atoms with van der Waals surface area (Å²) in [6.45, 7) is 10.8. The van der Waals surface area contributed by atoms with Crippen LogP contribution in [0.15, 0.2) is 0 Å². The van der Waals surface area contributed by atoms with Gasteiger partial charge in [-0.2, -0.15) is 0 Å². The van der Waals surface area contributed by atoms with Crippen LogP contribution in [0.1, 0.15) is 86.0 Å². The van der Waals surface area contributed by atoms with Gasteiger partial charge in [0, 0.05) is 32.5 Å². The second-order valence-corrected chi connectivity index (χ2v) is 19.2. The molecule has 4 aliphatic carbocycles. The minimum Gasteiger partial charge on any atom is -0.393 e. The van der Waals surface area contributed by atoms with Gasteiger partial charge in [-0.3, -0.25) is 0 Å². The van der Waals surface area contributed by atoms with Crippen molar-refractivity contribution in [2.45, 2.75) is 171 Å². The van der Waals surface area contributed by atoms with Crippen molar-refractivity contribution >= 4 is 0 Å². The summed E-state index contributed by atoms with van der Waals surface area (Å²) in [5, 5.41) is 101. The van der Waals surface area contributed by atoms with Crippen LogP contribution in [-0.4, -0.2) is 165 Å². The quantitative estimate of drug-likeness (QED) is 0.122. The lowest BCUT2D eigenvalue weighted by atomic mass is 9.41. The van der Waals surface area contributed by atoms with Gasteiger partial charge < -0.3 is 74.4 Å². The molecule has 6 fully saturated rings. The maximum absolute atomic E-state index is 12.7. The highest BCUT2D eigenvalue weighted by atomic mass is 16.7. The fraction of sp³-hybridized carbons (Fsp3) is 1.00. The third kappa shape index (κ3) is 7.77. The number of ether oxygens (including phenoxy) is 6. The highest BCUT2D eigenvalue weighted by molar-refractivity contribution is 5.22. The molecule has 9 N–H and O–H groups in total. The molecule has 22 atom stereocenters. The first kappa shape index (κ1) is 44.9. The lowest BCUT2D eigenvalue weighted by Gasteiger charge is -2.66. The van der Waals surface area contributed by atoms with Gasteiger partial charge in [0.15, 0.2) is 12.6 Å². The predicted molar refractivity (Wildman–Crippen MR) is 200 cm³/mol. The molecule has 22 unspecified atom stereocenters. The normalized spacial score (nSPS) is 51.9. The van der Waals surface area contributed by atoms with E-state index >= 15 is 0 Å². The van der Waals surface area contributed by atoms with Crippen LogP contribution in [0, 0.1) is 52.3 Å². The van der Waals surface area contributed by atoms with E-state index in [1.165, 1.54) is 14.2 Å². The minimum atomic E-state index is -1.44. The minimum absolute atomic E-state index is 0.00714. The maximum atomic E-state index is 12.7. The average molecular weight is 805 g/mol. The van der Waals surface area contributed by atoms with Crippen molar-refractivity contribution < 1.29 is 74.4 Å². The molecule has 6 rings (SSSR count). The topological polar surface area (TPSA) is 237 Å². The van der Waals surface area contributed by atoms with Gasteiger partial charge in [0.2, 0.25) is 0 Å². The number of aliphatic hydroxyl groups is 9. The van der Waals surface area contributed by atoms with Crippen molar-refractivity contribution in [3.05, 3.63) is 0 Å². The van der Waals surface area contributed by atoms with E-state index in [2.05, 4.69) is 27.7 Å². The Morgan fingerprint density at radius 2 is 1.32 bits per heavy atom. The molecular weight excluding hydrogens is 732 g/mol. The molecule has 4 saturated carbocycles. The lowest BCUT2D eigenvalue weighted by Crippen LogP contribution is -2.71. The second-order valence-electron chi connectivity index (χ2n) is 19.2. The molecule has 15 heteroatoms. The number of methoxy groups -OCH3 is 2. The summed E-state index contributed by atoms with van der Waals surface area (Å²) in [4.78, 5) is 0. The van der Waals surface area contributed by atoms with Crippen molar-refractivity contribution in [3.8, 4) is 0 Å². The van der Waals surface area contributed by atoms with Crippen LogP contribution in [0.2, 0.25) is 0 Å². The summed E-state index contributed by atoms with van der Waals surface area (Å²) in [6.07, 6.45) is -8.79. The smallest absolute Gasteiger partial charge is 0.186 e. The monoisotopic (exact) mass is 804 g/mol. The van der Waals surface area contributed by atoms with Crippen molar-refractivity contribution in [2.75, 3.05) is 34.0 Å². The Morgan fingerprint density at radius 3 is 1.98 bits per heavy atom. The first-order valence-electron chi connectivity index (χ1n) is 21.1. The Morgan fingerprint density at radius 1 is 0.679 bits per heavy atom. The SMILES string of the molecule is COC1C(O)COC(OC2COC(OCCC(CCC(C)C3C(O)C(O)C4C3(C)CCC3C5(C)CCC(O)C(O)C5C(O)CC34O)C(C)C)C(O)C2OC)C1O. The zero-order valence-electron chi connectivity index (χ0n) is 34.3. The molecule has 0 aromatic carbocycles. The Balaban J connectivity index is 1.04. The molecule has 6 aliphatic rings. The summed E-state index contributed by atoms with van der Waals surface area (Å²) >= 11 is 0. The largest absolute Gasteiger partial charge is 0.393 e. The summed E-state index contributed by atoms with van der Waals surface area (Å²) in [6, 6.07) is 0. The fourth-order valence-electron chi connectivity index (χ4n) is 13.1. The van der Waals surface area contributed by atoms with Crippen LogP contribution in [-0.2, 0) is 28.4 Å². The van der Waals surface area contributed by atoms with Gasteiger partial charge in [0.05, 0.1) is 55.9 Å². The van der Waals surface area contributed by atoms with E-state index in [0.29, 0.717) is 44.6 Å². The molecule has 0 radical (unpaired) electrons. The van der Waals surface area contributed by atoms with Gasteiger partial charge in [-0.1, -0.05) is 41.0 Å². The molecule has 2 saturated heterocycles. The molecule has 0 amide bonds. The van der Waals surface area contributed by atoms with Crippen LogP contribution >= 0.6 is 0 Å². The van der Waals surface area contributed by atoms with Crippen molar-refractivity contribution in [2.24, 2.45) is 52.3 Å². The number of aliphatic hydroxyl groups excluding tert-OH is 8. The Labute approximate surface area is 331 Å². The standard InChI is InChI=1S/C41H72O15/c1-19(2)21(12-15-53-37-33(49)35(52-7)25(18-55-37)56-38-32(48)34(51-6)24(44)17-54-38)9-8-20(3)27-30(46)31(47)36-40(27,5)14-11-26-39(4)13-10-22(42)29(45)28(39)23(43)16-41(26,36)50/h19-38,42-50H,8-18H2,1-7H3. The summed E-state index contributed by atoms with van der Waals surface area (Å²) < 4.78 is 34.2. The van der Waals surface area contributed by atoms with E-state index < -0.39 is 108 Å². The van der Waals surface area contributed by atoms with E-state index in [1.54, 1.807) is 0 Å². The van der Waals surface area contributed by atoms with Crippen molar-refractivity contribution in [1.29, 1.82) is 0 Å². The molecule has 2 aliphatic heterocycles. The molecular formula is C41H72O15. The van der Waals surface area contributed by atoms with Crippen molar-refractivity contribution in [3.63, 3.8) is 0 Å². The highest BCUT2D eigenvalue weighted by Crippen LogP contribution is 2.70. The molecule has 15 nitrogen and oxygen atoms in total. The van der Waals surface area contributed by atoms with Gasteiger partial charge in [0.25, 0.3) is 0 Å². The molecule has 56 heavy (non-hydrogen) atoms. The Kier molecular flexibility index (Phi) is 14.0. The van der Waals surface area contributed by atoms with Crippen LogP contribution in [0.4, 0.5) is 0 Å². The van der Waals surface area contributed by atoms with E-state index in [0.717, 1.165) is 12.8 Å². The third-order valence-electron chi connectivity index (χ3n) is 15.9. The third-order valence-corrected chi connectivity index (χ3v) is 15.9. The average Bonchev–Trinajstić information content (AvgIpc) is 3.34.